The average molecular weight is 486 g/mol. The van der Waals surface area contributed by atoms with Gasteiger partial charge in [0.15, 0.2) is 5.96 Å². The van der Waals surface area contributed by atoms with Gasteiger partial charge in [-0.3, -0.25) is 9.79 Å². The van der Waals surface area contributed by atoms with Crippen molar-refractivity contribution in [1.29, 1.82) is 0 Å². The van der Waals surface area contributed by atoms with Gasteiger partial charge < -0.3 is 15.1 Å². The van der Waals surface area contributed by atoms with E-state index in [1.54, 1.807) is 19.0 Å². The van der Waals surface area contributed by atoms with Crippen molar-refractivity contribution in [3.63, 3.8) is 0 Å². The molecule has 1 heterocycles. The summed E-state index contributed by atoms with van der Waals surface area (Å²) in [5.74, 6) is 2.58. The van der Waals surface area contributed by atoms with Crippen LogP contribution in [0, 0.1) is 11.8 Å². The average Bonchev–Trinajstić information content (AvgIpc) is 3.05. The molecule has 6 heteroatoms. The molecule has 1 atom stereocenters. The van der Waals surface area contributed by atoms with Crippen molar-refractivity contribution in [1.82, 2.24) is 15.1 Å². The third kappa shape index (κ3) is 7.31. The first kappa shape index (κ1) is 23.7. The molecule has 0 aromatic heterocycles. The number of likely N-dealkylation sites (tertiary alicyclic amines) is 1. The fourth-order valence-electron chi connectivity index (χ4n) is 3.65. The van der Waals surface area contributed by atoms with Crippen LogP contribution >= 0.6 is 24.0 Å². The molecule has 2 rings (SSSR count). The molecule has 1 fully saturated rings. The van der Waals surface area contributed by atoms with Crippen molar-refractivity contribution in [2.24, 2.45) is 16.8 Å². The molecular weight excluding hydrogens is 451 g/mol. The van der Waals surface area contributed by atoms with Gasteiger partial charge in [0.2, 0.25) is 0 Å². The third-order valence-corrected chi connectivity index (χ3v) is 4.88. The maximum absolute atomic E-state index is 12.1. The minimum absolute atomic E-state index is 0. The van der Waals surface area contributed by atoms with E-state index < -0.39 is 0 Å². The summed E-state index contributed by atoms with van der Waals surface area (Å²) >= 11 is 0. The number of guanidine groups is 1. The quantitative estimate of drug-likeness (QED) is 0.381. The van der Waals surface area contributed by atoms with E-state index in [9.17, 15) is 4.79 Å². The Morgan fingerprint density at radius 2 is 2.11 bits per heavy atom. The lowest BCUT2D eigenvalue weighted by molar-refractivity contribution is 0.0827. The van der Waals surface area contributed by atoms with Crippen LogP contribution in [0.5, 0.6) is 0 Å². The van der Waals surface area contributed by atoms with Gasteiger partial charge in [-0.1, -0.05) is 26.0 Å². The molecule has 1 aliphatic heterocycles. The van der Waals surface area contributed by atoms with Crippen molar-refractivity contribution < 1.29 is 4.79 Å². The summed E-state index contributed by atoms with van der Waals surface area (Å²) in [6.07, 6.45) is 3.42. The Morgan fingerprint density at radius 1 is 1.37 bits per heavy atom. The molecule has 0 radical (unpaired) electrons. The Morgan fingerprint density at radius 3 is 2.74 bits per heavy atom. The summed E-state index contributed by atoms with van der Waals surface area (Å²) in [5.41, 5.74) is 1.91. The molecule has 152 valence electrons. The Kier molecular flexibility index (Phi) is 10.1. The number of hydrogen-bond acceptors (Lipinski definition) is 2. The topological polar surface area (TPSA) is 47.9 Å². The van der Waals surface area contributed by atoms with E-state index in [4.69, 9.17) is 0 Å². The van der Waals surface area contributed by atoms with Crippen LogP contribution in [0.15, 0.2) is 29.3 Å². The fraction of sp³-hybridized carbons (Fsp3) is 0.619. The lowest BCUT2D eigenvalue weighted by atomic mass is 9.97. The monoisotopic (exact) mass is 486 g/mol. The largest absolute Gasteiger partial charge is 0.356 e. The smallest absolute Gasteiger partial charge is 0.253 e. The molecular formula is C21H35IN4O. The first-order valence-corrected chi connectivity index (χ1v) is 9.67. The Hall–Kier alpha value is -1.31. The maximum atomic E-state index is 12.1. The molecule has 1 aromatic carbocycles. The van der Waals surface area contributed by atoms with E-state index >= 15 is 0 Å². The first-order valence-electron chi connectivity index (χ1n) is 9.67. The van der Waals surface area contributed by atoms with Gasteiger partial charge in [-0.2, -0.15) is 0 Å². The van der Waals surface area contributed by atoms with Crippen LogP contribution in [0.2, 0.25) is 0 Å². The molecule has 0 bridgehead atoms. The van der Waals surface area contributed by atoms with Crippen LogP contribution in [0.25, 0.3) is 0 Å². The van der Waals surface area contributed by atoms with Gasteiger partial charge in [0.05, 0.1) is 0 Å². The number of halogens is 1. The normalized spacial score (nSPS) is 17.0. The van der Waals surface area contributed by atoms with Crippen molar-refractivity contribution in [2.45, 2.75) is 33.1 Å². The van der Waals surface area contributed by atoms with Gasteiger partial charge in [0, 0.05) is 46.3 Å². The molecule has 0 aliphatic carbocycles. The van der Waals surface area contributed by atoms with E-state index in [0.717, 1.165) is 49.4 Å². The molecule has 27 heavy (non-hydrogen) atoms. The number of nitrogens with zero attached hydrogens (tertiary/aromatic N) is 3. The fourth-order valence-corrected chi connectivity index (χ4v) is 3.65. The van der Waals surface area contributed by atoms with Gasteiger partial charge in [0.1, 0.15) is 0 Å². The SMILES string of the molecule is CN=C(NCCc1cccc(C(=O)N(C)C)c1)N1CCC(CC(C)C)C1.I. The second-order valence-corrected chi connectivity index (χ2v) is 7.85. The molecule has 1 amide bonds. The zero-order valence-corrected chi connectivity index (χ0v) is 19.7. The highest BCUT2D eigenvalue weighted by atomic mass is 127. The van der Waals surface area contributed by atoms with Gasteiger partial charge in [-0.25, -0.2) is 0 Å². The molecule has 1 unspecified atom stereocenters. The third-order valence-electron chi connectivity index (χ3n) is 4.88. The lowest BCUT2D eigenvalue weighted by Crippen LogP contribution is -2.40. The standard InChI is InChI=1S/C21H34N4O.HI/c1-16(2)13-18-10-12-25(15-18)21(22-3)23-11-9-17-7-6-8-19(14-17)20(26)24(4)5;/h6-8,14,16,18H,9-13,15H2,1-5H3,(H,22,23);1H. The summed E-state index contributed by atoms with van der Waals surface area (Å²) < 4.78 is 0. The van der Waals surface area contributed by atoms with Crippen LogP contribution in [-0.2, 0) is 6.42 Å². The Balaban J connectivity index is 0.00000364. The highest BCUT2D eigenvalue weighted by Crippen LogP contribution is 2.23. The first-order chi connectivity index (χ1) is 12.4. The van der Waals surface area contributed by atoms with Crippen molar-refractivity contribution in [3.05, 3.63) is 35.4 Å². The predicted molar refractivity (Wildman–Crippen MR) is 124 cm³/mol. The Labute approximate surface area is 181 Å². The van der Waals surface area contributed by atoms with E-state index in [2.05, 4.69) is 35.1 Å². The molecule has 0 saturated carbocycles. The van der Waals surface area contributed by atoms with Crippen LogP contribution in [0.1, 0.15) is 42.6 Å². The minimum atomic E-state index is 0. The number of carbonyl (C=O) groups is 1. The van der Waals surface area contributed by atoms with Crippen molar-refractivity contribution >= 4 is 35.8 Å². The zero-order valence-electron chi connectivity index (χ0n) is 17.4. The number of aliphatic imine (C=N–C) groups is 1. The molecule has 1 aromatic rings. The summed E-state index contributed by atoms with van der Waals surface area (Å²) in [6.45, 7) is 7.60. The van der Waals surface area contributed by atoms with Crippen LogP contribution < -0.4 is 5.32 Å². The van der Waals surface area contributed by atoms with Crippen molar-refractivity contribution in [3.8, 4) is 0 Å². The number of hydrogen-bond donors (Lipinski definition) is 1. The second kappa shape index (κ2) is 11.5. The number of amides is 1. The van der Waals surface area contributed by atoms with Crippen LogP contribution in [-0.4, -0.2) is 62.4 Å². The molecule has 1 saturated heterocycles. The second-order valence-electron chi connectivity index (χ2n) is 7.85. The lowest BCUT2D eigenvalue weighted by Gasteiger charge is -2.22. The van der Waals surface area contributed by atoms with Gasteiger partial charge >= 0.3 is 0 Å². The molecule has 1 aliphatic rings. The van der Waals surface area contributed by atoms with Crippen LogP contribution in [0.4, 0.5) is 0 Å². The summed E-state index contributed by atoms with van der Waals surface area (Å²) in [4.78, 5) is 20.5. The highest BCUT2D eigenvalue weighted by molar-refractivity contribution is 14.0. The summed E-state index contributed by atoms with van der Waals surface area (Å²) in [7, 11) is 5.42. The van der Waals surface area contributed by atoms with E-state index in [-0.39, 0.29) is 29.9 Å². The Bertz CT molecular complexity index is 630. The number of benzene rings is 1. The number of carbonyl (C=O) groups excluding carboxylic acids is 1. The van der Waals surface area contributed by atoms with Gasteiger partial charge in [-0.05, 0) is 48.8 Å². The van der Waals surface area contributed by atoms with Gasteiger partial charge in [0.25, 0.3) is 5.91 Å². The molecule has 5 nitrogen and oxygen atoms in total. The molecule has 1 N–H and O–H groups in total. The van der Waals surface area contributed by atoms with E-state index in [1.807, 2.05) is 25.2 Å². The molecule has 0 spiro atoms. The predicted octanol–water partition coefficient (Wildman–Crippen LogP) is 3.49. The highest BCUT2D eigenvalue weighted by Gasteiger charge is 2.25. The van der Waals surface area contributed by atoms with Crippen molar-refractivity contribution in [2.75, 3.05) is 40.8 Å². The summed E-state index contributed by atoms with van der Waals surface area (Å²) in [5, 5.41) is 3.49. The van der Waals surface area contributed by atoms with Crippen LogP contribution in [0.3, 0.4) is 0 Å². The maximum Gasteiger partial charge on any atom is 0.253 e. The number of nitrogens with one attached hydrogen (secondary N) is 1. The van der Waals surface area contributed by atoms with E-state index in [0.29, 0.717) is 0 Å². The minimum Gasteiger partial charge on any atom is -0.356 e. The van der Waals surface area contributed by atoms with Gasteiger partial charge in [-0.15, -0.1) is 24.0 Å². The van der Waals surface area contributed by atoms with E-state index in [1.165, 1.54) is 18.4 Å². The zero-order chi connectivity index (χ0) is 19.1. The summed E-state index contributed by atoms with van der Waals surface area (Å²) in [6, 6.07) is 7.89. The number of rotatable bonds is 6.